The summed E-state index contributed by atoms with van der Waals surface area (Å²) < 4.78 is 42.0. The summed E-state index contributed by atoms with van der Waals surface area (Å²) in [6.45, 7) is 2.69. The van der Waals surface area contributed by atoms with Gasteiger partial charge in [0.2, 0.25) is 10.0 Å². The number of carbonyl (C=O) groups excluding carboxylic acids is 1. The second-order valence-electron chi connectivity index (χ2n) is 5.93. The fraction of sp³-hybridized carbons (Fsp3) is 0.588. The minimum absolute atomic E-state index is 0.190. The first-order valence-corrected chi connectivity index (χ1v) is 9.68. The van der Waals surface area contributed by atoms with Gasteiger partial charge in [0.1, 0.15) is 0 Å². The highest BCUT2D eigenvalue weighted by Crippen LogP contribution is 2.24. The van der Waals surface area contributed by atoms with Gasteiger partial charge in [-0.05, 0) is 43.0 Å². The molecule has 2 rings (SSSR count). The minimum Gasteiger partial charge on any atom is -0.465 e. The normalized spacial score (nSPS) is 16.7. The molecule has 25 heavy (non-hydrogen) atoms. The second kappa shape index (κ2) is 9.28. The summed E-state index contributed by atoms with van der Waals surface area (Å²) in [5.74, 6) is -0.122. The van der Waals surface area contributed by atoms with Gasteiger partial charge in [0, 0.05) is 26.8 Å². The maximum absolute atomic E-state index is 12.7. The summed E-state index contributed by atoms with van der Waals surface area (Å²) in [6.07, 6.45) is 1.54. The number of piperidine rings is 1. The van der Waals surface area contributed by atoms with Crippen LogP contribution in [0.3, 0.4) is 0 Å². The third-order valence-electron chi connectivity index (χ3n) is 4.27. The molecule has 0 saturated carbocycles. The van der Waals surface area contributed by atoms with Gasteiger partial charge in [0.15, 0.2) is 0 Å². The van der Waals surface area contributed by atoms with E-state index in [2.05, 4.69) is 4.74 Å². The molecule has 0 N–H and O–H groups in total. The summed E-state index contributed by atoms with van der Waals surface area (Å²) in [5, 5.41) is 0. The summed E-state index contributed by atoms with van der Waals surface area (Å²) in [6, 6.07) is 5.83. The number of nitrogens with zero attached hydrogens (tertiary/aromatic N) is 1. The summed E-state index contributed by atoms with van der Waals surface area (Å²) in [5.41, 5.74) is 0.327. The van der Waals surface area contributed by atoms with Gasteiger partial charge in [-0.2, -0.15) is 4.31 Å². The summed E-state index contributed by atoms with van der Waals surface area (Å²) in [7, 11) is -0.626. The van der Waals surface area contributed by atoms with Crippen LogP contribution in [0.15, 0.2) is 29.2 Å². The van der Waals surface area contributed by atoms with Crippen molar-refractivity contribution in [3.8, 4) is 0 Å². The molecule has 8 heteroatoms. The van der Waals surface area contributed by atoms with Crippen LogP contribution in [-0.2, 0) is 24.2 Å². The number of methoxy groups -OCH3 is 2. The van der Waals surface area contributed by atoms with E-state index in [1.165, 1.54) is 35.7 Å². The fourth-order valence-corrected chi connectivity index (χ4v) is 4.21. The molecule has 0 radical (unpaired) electrons. The largest absolute Gasteiger partial charge is 0.465 e. The lowest BCUT2D eigenvalue weighted by atomic mass is 9.99. The van der Waals surface area contributed by atoms with Crippen molar-refractivity contribution in [1.82, 2.24) is 4.31 Å². The maximum Gasteiger partial charge on any atom is 0.337 e. The SMILES string of the molecule is COCCOCC1CCN(S(=O)(=O)c2ccc(C(=O)OC)cc2)CC1. The lowest BCUT2D eigenvalue weighted by Gasteiger charge is -2.31. The number of carbonyl (C=O) groups is 1. The highest BCUT2D eigenvalue weighted by Gasteiger charge is 2.29. The van der Waals surface area contributed by atoms with Gasteiger partial charge in [0.25, 0.3) is 0 Å². The predicted octanol–water partition coefficient (Wildman–Crippen LogP) is 1.54. The molecule has 0 aliphatic carbocycles. The molecule has 0 spiro atoms. The Morgan fingerprint density at radius 2 is 1.76 bits per heavy atom. The number of hydrogen-bond acceptors (Lipinski definition) is 6. The van der Waals surface area contributed by atoms with Crippen molar-refractivity contribution in [2.45, 2.75) is 17.7 Å². The zero-order valence-electron chi connectivity index (χ0n) is 14.6. The molecule has 140 valence electrons. The van der Waals surface area contributed by atoms with E-state index in [4.69, 9.17) is 9.47 Å². The predicted molar refractivity (Wildman–Crippen MR) is 92.0 cm³/mol. The van der Waals surface area contributed by atoms with Crippen LogP contribution in [0.5, 0.6) is 0 Å². The van der Waals surface area contributed by atoms with Gasteiger partial charge in [-0.3, -0.25) is 0 Å². The van der Waals surface area contributed by atoms with Gasteiger partial charge in [-0.15, -0.1) is 0 Å². The molecule has 1 aliphatic rings. The lowest BCUT2D eigenvalue weighted by Crippen LogP contribution is -2.39. The lowest BCUT2D eigenvalue weighted by molar-refractivity contribution is 0.0410. The molecule has 1 fully saturated rings. The topological polar surface area (TPSA) is 82.1 Å². The van der Waals surface area contributed by atoms with Crippen molar-refractivity contribution in [3.63, 3.8) is 0 Å². The molecule has 1 saturated heterocycles. The summed E-state index contributed by atoms with van der Waals surface area (Å²) >= 11 is 0. The number of benzene rings is 1. The quantitative estimate of drug-likeness (QED) is 0.509. The first-order chi connectivity index (χ1) is 12.0. The Balaban J connectivity index is 1.92. The summed E-state index contributed by atoms with van der Waals surface area (Å²) in [4.78, 5) is 11.6. The Kier molecular flexibility index (Phi) is 7.37. The van der Waals surface area contributed by atoms with E-state index in [1.54, 1.807) is 7.11 Å². The second-order valence-corrected chi connectivity index (χ2v) is 7.87. The van der Waals surface area contributed by atoms with Crippen LogP contribution in [0.25, 0.3) is 0 Å². The highest BCUT2D eigenvalue weighted by molar-refractivity contribution is 7.89. The van der Waals surface area contributed by atoms with Crippen LogP contribution < -0.4 is 0 Å². The van der Waals surface area contributed by atoms with Crippen molar-refractivity contribution in [2.75, 3.05) is 47.1 Å². The van der Waals surface area contributed by atoms with Crippen LogP contribution in [0.2, 0.25) is 0 Å². The Morgan fingerprint density at radius 1 is 1.12 bits per heavy atom. The Morgan fingerprint density at radius 3 is 2.32 bits per heavy atom. The Hall–Kier alpha value is -1.48. The molecule has 0 bridgehead atoms. The average molecular weight is 371 g/mol. The minimum atomic E-state index is -3.54. The van der Waals surface area contributed by atoms with Crippen molar-refractivity contribution in [1.29, 1.82) is 0 Å². The van der Waals surface area contributed by atoms with Crippen molar-refractivity contribution < 1.29 is 27.4 Å². The molecular formula is C17H25NO6S. The fourth-order valence-electron chi connectivity index (χ4n) is 2.74. The first kappa shape index (κ1) is 19.8. The van der Waals surface area contributed by atoms with E-state index < -0.39 is 16.0 Å². The number of rotatable bonds is 8. The molecule has 1 aromatic carbocycles. The van der Waals surface area contributed by atoms with Gasteiger partial charge in [0.05, 0.1) is 30.8 Å². The van der Waals surface area contributed by atoms with Crippen molar-refractivity contribution in [2.24, 2.45) is 5.92 Å². The van der Waals surface area contributed by atoms with E-state index in [-0.39, 0.29) is 4.90 Å². The zero-order chi connectivity index (χ0) is 18.3. The molecule has 0 unspecified atom stereocenters. The molecule has 1 aromatic rings. The van der Waals surface area contributed by atoms with Crippen molar-refractivity contribution >= 4 is 16.0 Å². The molecule has 0 atom stereocenters. The number of sulfonamides is 1. The zero-order valence-corrected chi connectivity index (χ0v) is 15.5. The maximum atomic E-state index is 12.7. The van der Waals surface area contributed by atoms with E-state index in [0.717, 1.165) is 12.8 Å². The Labute approximate surface area is 148 Å². The molecule has 0 amide bonds. The molecular weight excluding hydrogens is 346 g/mol. The standard InChI is InChI=1S/C17H25NO6S/c1-22-11-12-24-13-14-7-9-18(10-8-14)25(20,21)16-5-3-15(4-6-16)17(19)23-2/h3-6,14H,7-13H2,1-2H3. The van der Waals surface area contributed by atoms with E-state index >= 15 is 0 Å². The molecule has 1 aliphatic heterocycles. The molecule has 7 nitrogen and oxygen atoms in total. The average Bonchev–Trinajstić information content (AvgIpc) is 2.65. The first-order valence-electron chi connectivity index (χ1n) is 8.24. The van der Waals surface area contributed by atoms with Crippen molar-refractivity contribution in [3.05, 3.63) is 29.8 Å². The number of hydrogen-bond donors (Lipinski definition) is 0. The van der Waals surface area contributed by atoms with E-state index in [0.29, 0.717) is 44.4 Å². The Bertz CT molecular complexity index is 650. The van der Waals surface area contributed by atoms with Crippen LogP contribution in [0.1, 0.15) is 23.2 Å². The van der Waals surface area contributed by atoms with Gasteiger partial charge >= 0.3 is 5.97 Å². The van der Waals surface area contributed by atoms with Crippen LogP contribution in [0.4, 0.5) is 0 Å². The molecule has 0 aromatic heterocycles. The van der Waals surface area contributed by atoms with Crippen LogP contribution in [-0.4, -0.2) is 65.8 Å². The highest BCUT2D eigenvalue weighted by atomic mass is 32.2. The molecule has 1 heterocycles. The van der Waals surface area contributed by atoms with Gasteiger partial charge in [-0.1, -0.05) is 0 Å². The van der Waals surface area contributed by atoms with Gasteiger partial charge < -0.3 is 14.2 Å². The number of esters is 1. The smallest absolute Gasteiger partial charge is 0.337 e. The van der Waals surface area contributed by atoms with E-state index in [1.807, 2.05) is 0 Å². The monoisotopic (exact) mass is 371 g/mol. The third kappa shape index (κ3) is 5.24. The van der Waals surface area contributed by atoms with Crippen LogP contribution in [0, 0.1) is 5.92 Å². The van der Waals surface area contributed by atoms with E-state index in [9.17, 15) is 13.2 Å². The number of ether oxygens (including phenoxy) is 3. The van der Waals surface area contributed by atoms with Crippen LogP contribution >= 0.6 is 0 Å². The third-order valence-corrected chi connectivity index (χ3v) is 6.18. The van der Waals surface area contributed by atoms with Gasteiger partial charge in [-0.25, -0.2) is 13.2 Å².